The number of nitrogen functional groups attached to an aromatic ring is 1. The summed E-state index contributed by atoms with van der Waals surface area (Å²) < 4.78 is 10.3. The Morgan fingerprint density at radius 1 is 1.22 bits per heavy atom. The number of hydrogen-bond donors (Lipinski definition) is 3. The van der Waals surface area contributed by atoms with E-state index < -0.39 is 4.92 Å². The number of fused-ring (bicyclic) bond motifs is 1. The fraction of sp³-hybridized carbons (Fsp3) is 0.278. The number of nitrogens with zero attached hydrogens (tertiary/aromatic N) is 2. The lowest BCUT2D eigenvalue weighted by molar-refractivity contribution is -0.383. The molecule has 0 aliphatic carbocycles. The molecule has 1 heterocycles. The lowest BCUT2D eigenvalue weighted by Gasteiger charge is -2.07. The summed E-state index contributed by atoms with van der Waals surface area (Å²) in [5, 5.41) is 14.3. The number of ether oxygens (including phenoxy) is 2. The third-order valence-electron chi connectivity index (χ3n) is 3.99. The van der Waals surface area contributed by atoms with Crippen molar-refractivity contribution in [1.82, 2.24) is 9.97 Å². The van der Waals surface area contributed by atoms with E-state index in [4.69, 9.17) is 15.2 Å². The number of imidazole rings is 1. The molecule has 0 atom stereocenters. The summed E-state index contributed by atoms with van der Waals surface area (Å²) in [4.78, 5) is 18.3. The number of hydrogen-bond acceptors (Lipinski definition) is 7. The maximum Gasteiger partial charge on any atom is 0.292 e. The molecular formula is C18H21N5O4. The molecule has 0 aliphatic heterocycles. The quantitative estimate of drug-likeness (QED) is 0.228. The van der Waals surface area contributed by atoms with Crippen molar-refractivity contribution in [3.05, 3.63) is 46.5 Å². The molecule has 0 spiro atoms. The monoisotopic (exact) mass is 371 g/mol. The van der Waals surface area contributed by atoms with E-state index in [1.54, 1.807) is 13.2 Å². The van der Waals surface area contributed by atoms with Crippen LogP contribution in [0.25, 0.3) is 22.4 Å². The predicted molar refractivity (Wildman–Crippen MR) is 104 cm³/mol. The van der Waals surface area contributed by atoms with Crippen LogP contribution in [0.3, 0.4) is 0 Å². The first kappa shape index (κ1) is 18.6. The first-order valence-electron chi connectivity index (χ1n) is 8.43. The van der Waals surface area contributed by atoms with Gasteiger partial charge in [0.1, 0.15) is 11.5 Å². The van der Waals surface area contributed by atoms with Gasteiger partial charge in [-0.2, -0.15) is 0 Å². The van der Waals surface area contributed by atoms with Crippen molar-refractivity contribution < 1.29 is 14.4 Å². The average molecular weight is 371 g/mol. The number of methoxy groups -OCH3 is 1. The summed E-state index contributed by atoms with van der Waals surface area (Å²) in [5.41, 5.74) is 8.76. The fourth-order valence-electron chi connectivity index (χ4n) is 2.61. The van der Waals surface area contributed by atoms with Crippen molar-refractivity contribution >= 4 is 28.1 Å². The predicted octanol–water partition coefficient (Wildman–Crippen LogP) is 2.80. The van der Waals surface area contributed by atoms with Crippen molar-refractivity contribution in [2.45, 2.75) is 0 Å². The molecule has 0 unspecified atom stereocenters. The Balaban J connectivity index is 1.72. The SMILES string of the molecule is COCCOCCNc1ccc2[nH]c(-c3ccc(N)c([N+](=O)[O-])c3)nc2c1. The number of anilines is 2. The summed E-state index contributed by atoms with van der Waals surface area (Å²) in [6, 6.07) is 10.4. The molecule has 2 aromatic carbocycles. The molecule has 1 aromatic heterocycles. The topological polar surface area (TPSA) is 128 Å². The normalized spacial score (nSPS) is 11.0. The van der Waals surface area contributed by atoms with E-state index in [2.05, 4.69) is 15.3 Å². The zero-order valence-corrected chi connectivity index (χ0v) is 14.9. The van der Waals surface area contributed by atoms with Crippen LogP contribution >= 0.6 is 0 Å². The lowest BCUT2D eigenvalue weighted by Crippen LogP contribution is -2.11. The highest BCUT2D eigenvalue weighted by molar-refractivity contribution is 5.83. The minimum atomic E-state index is -0.502. The molecule has 0 bridgehead atoms. The number of benzene rings is 2. The van der Waals surface area contributed by atoms with Gasteiger partial charge in [-0.05, 0) is 30.3 Å². The van der Waals surface area contributed by atoms with E-state index >= 15 is 0 Å². The van der Waals surface area contributed by atoms with E-state index in [1.165, 1.54) is 12.1 Å². The number of aromatic amines is 1. The molecule has 9 heteroatoms. The van der Waals surface area contributed by atoms with Crippen LogP contribution in [0.1, 0.15) is 0 Å². The second-order valence-electron chi connectivity index (χ2n) is 5.88. The molecule has 3 rings (SSSR count). The van der Waals surface area contributed by atoms with Crippen molar-refractivity contribution in [2.75, 3.05) is 44.5 Å². The van der Waals surface area contributed by atoms with Gasteiger partial charge in [-0.15, -0.1) is 0 Å². The number of nitro groups is 1. The first-order valence-corrected chi connectivity index (χ1v) is 8.43. The largest absolute Gasteiger partial charge is 0.393 e. The van der Waals surface area contributed by atoms with Gasteiger partial charge in [0.15, 0.2) is 0 Å². The minimum absolute atomic E-state index is 0.124. The van der Waals surface area contributed by atoms with Crippen LogP contribution in [0.5, 0.6) is 0 Å². The molecule has 0 aliphatic rings. The van der Waals surface area contributed by atoms with E-state index in [-0.39, 0.29) is 11.4 Å². The van der Waals surface area contributed by atoms with Gasteiger partial charge in [-0.3, -0.25) is 10.1 Å². The lowest BCUT2D eigenvalue weighted by atomic mass is 10.1. The molecule has 0 radical (unpaired) electrons. The van der Waals surface area contributed by atoms with Crippen LogP contribution in [0.15, 0.2) is 36.4 Å². The summed E-state index contributed by atoms with van der Waals surface area (Å²) in [5.74, 6) is 0.549. The van der Waals surface area contributed by atoms with Crippen LogP contribution in [-0.2, 0) is 9.47 Å². The number of nitrogens with one attached hydrogen (secondary N) is 2. The third kappa shape index (κ3) is 4.52. The highest BCUT2D eigenvalue weighted by Gasteiger charge is 2.14. The Morgan fingerprint density at radius 3 is 2.85 bits per heavy atom. The molecule has 0 saturated carbocycles. The van der Waals surface area contributed by atoms with Gasteiger partial charge < -0.3 is 25.5 Å². The number of nitro benzene ring substituents is 1. The standard InChI is InChI=1S/C18H21N5O4/c1-26-8-9-27-7-6-20-13-3-5-15-16(11-13)22-18(21-15)12-2-4-14(19)17(10-12)23(24)25/h2-5,10-11,20H,6-9,19H2,1H3,(H,21,22). The summed E-state index contributed by atoms with van der Waals surface area (Å²) in [7, 11) is 1.64. The third-order valence-corrected chi connectivity index (χ3v) is 3.99. The Morgan fingerprint density at radius 2 is 2.07 bits per heavy atom. The number of H-pyrrole nitrogens is 1. The highest BCUT2D eigenvalue weighted by Crippen LogP contribution is 2.29. The Hall–Kier alpha value is -3.17. The number of rotatable bonds is 9. The number of aromatic nitrogens is 2. The zero-order valence-electron chi connectivity index (χ0n) is 14.9. The Labute approximate surface area is 155 Å². The van der Waals surface area contributed by atoms with Crippen LogP contribution in [0.2, 0.25) is 0 Å². The van der Waals surface area contributed by atoms with Crippen LogP contribution < -0.4 is 11.1 Å². The van der Waals surface area contributed by atoms with Gasteiger partial charge in [0.2, 0.25) is 0 Å². The van der Waals surface area contributed by atoms with Gasteiger partial charge in [-0.25, -0.2) is 4.98 Å². The minimum Gasteiger partial charge on any atom is -0.393 e. The van der Waals surface area contributed by atoms with Gasteiger partial charge in [0.05, 0.1) is 35.8 Å². The van der Waals surface area contributed by atoms with E-state index in [9.17, 15) is 10.1 Å². The molecular weight excluding hydrogens is 350 g/mol. The Bertz CT molecular complexity index is 941. The molecule has 0 saturated heterocycles. The van der Waals surface area contributed by atoms with E-state index in [1.807, 2.05) is 18.2 Å². The smallest absolute Gasteiger partial charge is 0.292 e. The van der Waals surface area contributed by atoms with Crippen LogP contribution in [0, 0.1) is 10.1 Å². The second kappa shape index (κ2) is 8.47. The van der Waals surface area contributed by atoms with Gasteiger partial charge in [0, 0.05) is 31.0 Å². The molecule has 4 N–H and O–H groups in total. The van der Waals surface area contributed by atoms with E-state index in [0.29, 0.717) is 37.8 Å². The maximum absolute atomic E-state index is 11.1. The number of nitrogens with two attached hydrogens (primary N) is 1. The van der Waals surface area contributed by atoms with Crippen LogP contribution in [-0.4, -0.2) is 48.4 Å². The van der Waals surface area contributed by atoms with Crippen molar-refractivity contribution in [3.8, 4) is 11.4 Å². The van der Waals surface area contributed by atoms with Gasteiger partial charge in [0.25, 0.3) is 5.69 Å². The summed E-state index contributed by atoms with van der Waals surface area (Å²) in [6.45, 7) is 2.37. The summed E-state index contributed by atoms with van der Waals surface area (Å²) >= 11 is 0. The maximum atomic E-state index is 11.1. The highest BCUT2D eigenvalue weighted by atomic mass is 16.6. The van der Waals surface area contributed by atoms with Crippen molar-refractivity contribution in [3.63, 3.8) is 0 Å². The second-order valence-corrected chi connectivity index (χ2v) is 5.88. The molecule has 0 amide bonds. The summed E-state index contributed by atoms with van der Waals surface area (Å²) in [6.07, 6.45) is 0. The van der Waals surface area contributed by atoms with E-state index in [0.717, 1.165) is 16.7 Å². The van der Waals surface area contributed by atoms with Gasteiger partial charge >= 0.3 is 0 Å². The molecule has 142 valence electrons. The molecule has 9 nitrogen and oxygen atoms in total. The van der Waals surface area contributed by atoms with Gasteiger partial charge in [-0.1, -0.05) is 0 Å². The zero-order chi connectivity index (χ0) is 19.2. The average Bonchev–Trinajstić information content (AvgIpc) is 3.08. The van der Waals surface area contributed by atoms with Crippen molar-refractivity contribution in [1.29, 1.82) is 0 Å². The fourth-order valence-corrected chi connectivity index (χ4v) is 2.61. The molecule has 3 aromatic rings. The molecule has 27 heavy (non-hydrogen) atoms. The first-order chi connectivity index (χ1) is 13.1. The van der Waals surface area contributed by atoms with Crippen molar-refractivity contribution in [2.24, 2.45) is 0 Å². The Kier molecular flexibility index (Phi) is 5.84. The van der Waals surface area contributed by atoms with Crippen LogP contribution in [0.4, 0.5) is 17.1 Å². The molecule has 0 fully saturated rings.